The van der Waals surface area contributed by atoms with Crippen LogP contribution in [0.5, 0.6) is 11.5 Å². The van der Waals surface area contributed by atoms with E-state index in [1.54, 1.807) is 7.11 Å². The molecule has 0 spiro atoms. The number of nitrogens with one attached hydrogen (secondary N) is 2. The molecule has 0 unspecified atom stereocenters. The molecule has 2 aliphatic rings. The number of H-pyrrole nitrogens is 1. The van der Waals surface area contributed by atoms with Crippen molar-refractivity contribution in [3.8, 4) is 17.2 Å². The lowest BCUT2D eigenvalue weighted by atomic mass is 9.69. The molecule has 0 radical (unpaired) electrons. The first kappa shape index (κ1) is 24.8. The Hall–Kier alpha value is -4.52. The quantitative estimate of drug-likeness (QED) is 0.327. The highest BCUT2D eigenvalue weighted by atomic mass is 16.5. The molecule has 1 atom stereocenters. The van der Waals surface area contributed by atoms with Gasteiger partial charge in [-0.25, -0.2) is 4.68 Å². The predicted octanol–water partition coefficient (Wildman–Crippen LogP) is 5.95. The molecule has 1 aromatic heterocycles. The van der Waals surface area contributed by atoms with Gasteiger partial charge in [-0.05, 0) is 47.2 Å². The highest BCUT2D eigenvalue weighted by Crippen LogP contribution is 2.48. The molecule has 39 heavy (non-hydrogen) atoms. The zero-order chi connectivity index (χ0) is 27.1. The molecule has 0 saturated heterocycles. The lowest BCUT2D eigenvalue weighted by Gasteiger charge is -2.38. The van der Waals surface area contributed by atoms with Crippen LogP contribution < -0.4 is 20.3 Å². The first-order valence-corrected chi connectivity index (χ1v) is 13.1. The van der Waals surface area contributed by atoms with Crippen LogP contribution >= 0.6 is 0 Å². The number of nitrogens with zero attached hydrogens (tertiary/aromatic N) is 1. The Morgan fingerprint density at radius 2 is 1.64 bits per heavy atom. The fourth-order valence-corrected chi connectivity index (χ4v) is 5.70. The highest BCUT2D eigenvalue weighted by Gasteiger charge is 2.43. The molecule has 2 heterocycles. The lowest BCUT2D eigenvalue weighted by molar-refractivity contribution is -0.118. The van der Waals surface area contributed by atoms with Crippen LogP contribution in [0.15, 0.2) is 94.9 Å². The molecule has 3 aromatic carbocycles. The monoisotopic (exact) mass is 521 g/mol. The summed E-state index contributed by atoms with van der Waals surface area (Å²) in [5.41, 5.74) is 4.23. The normalized spacial score (nSPS) is 17.7. The number of fused-ring (bicyclic) bond motifs is 1. The standard InChI is InChI=1S/C32H31N3O4/c1-32(2)17-23-28(24(36)18-32)27(29-30(33-23)34-35(31(29)37)22-12-8-5-9-13-22)21-14-15-25(26(16-21)38-3)39-19-20-10-6-4-7-11-20/h4-16,27,33-34H,17-19H2,1-3H3/t27-/m0/s1. The van der Waals surface area contributed by atoms with Crippen LogP contribution in [-0.4, -0.2) is 22.7 Å². The second-order valence-electron chi connectivity index (χ2n) is 11.0. The SMILES string of the molecule is COc1cc([C@H]2C3=C(CC(C)(C)CC3=O)Nc3[nH]n(-c4ccccc4)c(=O)c32)ccc1OCc1ccccc1. The molecule has 7 heteroatoms. The first-order valence-electron chi connectivity index (χ1n) is 13.1. The number of hydrogen-bond donors (Lipinski definition) is 2. The summed E-state index contributed by atoms with van der Waals surface area (Å²) in [4.78, 5) is 27.5. The summed E-state index contributed by atoms with van der Waals surface area (Å²) in [6.45, 7) is 4.60. The molecule has 6 rings (SSSR count). The minimum Gasteiger partial charge on any atom is -0.493 e. The molecule has 0 fully saturated rings. The van der Waals surface area contributed by atoms with Crippen molar-refractivity contribution >= 4 is 11.6 Å². The minimum atomic E-state index is -0.536. The molecule has 4 aromatic rings. The smallest absolute Gasteiger partial charge is 0.277 e. The van der Waals surface area contributed by atoms with Crippen LogP contribution in [-0.2, 0) is 11.4 Å². The van der Waals surface area contributed by atoms with Gasteiger partial charge in [-0.15, -0.1) is 0 Å². The van der Waals surface area contributed by atoms with E-state index in [4.69, 9.17) is 9.47 Å². The first-order chi connectivity index (χ1) is 18.8. The van der Waals surface area contributed by atoms with Gasteiger partial charge in [-0.3, -0.25) is 14.7 Å². The van der Waals surface area contributed by atoms with E-state index in [0.29, 0.717) is 47.9 Å². The van der Waals surface area contributed by atoms with Gasteiger partial charge in [-0.2, -0.15) is 0 Å². The third-order valence-corrected chi connectivity index (χ3v) is 7.47. The van der Waals surface area contributed by atoms with Crippen LogP contribution in [0.1, 0.15) is 49.3 Å². The van der Waals surface area contributed by atoms with Gasteiger partial charge in [-0.1, -0.05) is 68.4 Å². The van der Waals surface area contributed by atoms with Gasteiger partial charge in [0.15, 0.2) is 17.3 Å². The molecule has 0 amide bonds. The fourth-order valence-electron chi connectivity index (χ4n) is 5.70. The molecule has 198 valence electrons. The number of ketones is 1. The predicted molar refractivity (Wildman–Crippen MR) is 151 cm³/mol. The second-order valence-corrected chi connectivity index (χ2v) is 11.0. The highest BCUT2D eigenvalue weighted by molar-refractivity contribution is 6.01. The van der Waals surface area contributed by atoms with Crippen molar-refractivity contribution in [3.63, 3.8) is 0 Å². The summed E-state index contributed by atoms with van der Waals surface area (Å²) in [6, 6.07) is 25.0. The van der Waals surface area contributed by atoms with Crippen molar-refractivity contribution in [1.82, 2.24) is 9.78 Å². The second kappa shape index (κ2) is 9.66. The van der Waals surface area contributed by atoms with Crippen molar-refractivity contribution in [2.45, 2.75) is 39.2 Å². The number of Topliss-reactive ketones (excluding diaryl/α,β-unsaturated/α-hetero) is 1. The van der Waals surface area contributed by atoms with Crippen LogP contribution in [0.25, 0.3) is 5.69 Å². The zero-order valence-corrected chi connectivity index (χ0v) is 22.3. The van der Waals surface area contributed by atoms with E-state index in [-0.39, 0.29) is 16.8 Å². The maximum absolute atomic E-state index is 13.9. The molecule has 1 aliphatic carbocycles. The van der Waals surface area contributed by atoms with Gasteiger partial charge in [0.25, 0.3) is 5.56 Å². The number of ether oxygens (including phenoxy) is 2. The number of rotatable bonds is 6. The number of aromatic nitrogens is 2. The van der Waals surface area contributed by atoms with Gasteiger partial charge in [0, 0.05) is 23.6 Å². The number of aromatic amines is 1. The van der Waals surface area contributed by atoms with E-state index in [0.717, 1.165) is 22.5 Å². The summed E-state index contributed by atoms with van der Waals surface area (Å²) in [5.74, 6) is 1.28. The van der Waals surface area contributed by atoms with E-state index >= 15 is 0 Å². The Kier molecular flexibility index (Phi) is 6.14. The molecule has 7 nitrogen and oxygen atoms in total. The van der Waals surface area contributed by atoms with E-state index in [2.05, 4.69) is 24.3 Å². The van der Waals surface area contributed by atoms with Crippen molar-refractivity contribution < 1.29 is 14.3 Å². The van der Waals surface area contributed by atoms with Crippen molar-refractivity contribution in [2.75, 3.05) is 12.4 Å². The number of anilines is 1. The zero-order valence-electron chi connectivity index (χ0n) is 22.3. The van der Waals surface area contributed by atoms with Crippen molar-refractivity contribution in [2.24, 2.45) is 5.41 Å². The van der Waals surface area contributed by atoms with Gasteiger partial charge in [0.2, 0.25) is 0 Å². The molecule has 0 bridgehead atoms. The van der Waals surface area contributed by atoms with Gasteiger partial charge >= 0.3 is 0 Å². The minimum absolute atomic E-state index is 0.0552. The van der Waals surface area contributed by atoms with Gasteiger partial charge in [0.05, 0.1) is 18.4 Å². The van der Waals surface area contributed by atoms with E-state index in [9.17, 15) is 9.59 Å². The van der Waals surface area contributed by atoms with Gasteiger partial charge in [0.1, 0.15) is 12.4 Å². The van der Waals surface area contributed by atoms with Crippen LogP contribution in [0, 0.1) is 5.41 Å². The maximum Gasteiger partial charge on any atom is 0.277 e. The Morgan fingerprint density at radius 1 is 0.923 bits per heavy atom. The molecule has 0 saturated carbocycles. The number of carbonyl (C=O) groups is 1. The Balaban J connectivity index is 1.46. The summed E-state index contributed by atoms with van der Waals surface area (Å²) in [5, 5.41) is 6.68. The van der Waals surface area contributed by atoms with Crippen LogP contribution in [0.2, 0.25) is 0 Å². The van der Waals surface area contributed by atoms with E-state index in [1.165, 1.54) is 4.68 Å². The van der Waals surface area contributed by atoms with Crippen molar-refractivity contribution in [3.05, 3.63) is 117 Å². The van der Waals surface area contributed by atoms with Gasteiger partial charge < -0.3 is 14.8 Å². The Bertz CT molecular complexity index is 1630. The Morgan fingerprint density at radius 3 is 2.36 bits per heavy atom. The lowest BCUT2D eigenvalue weighted by Crippen LogP contribution is -2.35. The van der Waals surface area contributed by atoms with E-state index in [1.807, 2.05) is 78.9 Å². The van der Waals surface area contributed by atoms with E-state index < -0.39 is 5.92 Å². The average Bonchev–Trinajstić information content (AvgIpc) is 3.26. The maximum atomic E-state index is 13.9. The topological polar surface area (TPSA) is 85.4 Å². The molecule has 2 N–H and O–H groups in total. The largest absolute Gasteiger partial charge is 0.493 e. The Labute approximate surface area is 227 Å². The number of allylic oxidation sites excluding steroid dienone is 2. The summed E-state index contributed by atoms with van der Waals surface area (Å²) in [6.07, 6.45) is 1.13. The number of benzene rings is 3. The number of hydrogen-bond acceptors (Lipinski definition) is 5. The molecular formula is C32H31N3O4. The average molecular weight is 522 g/mol. The summed E-state index contributed by atoms with van der Waals surface area (Å²) in [7, 11) is 1.60. The molecular weight excluding hydrogens is 490 g/mol. The third kappa shape index (κ3) is 4.54. The van der Waals surface area contributed by atoms with Crippen LogP contribution in [0.4, 0.5) is 5.82 Å². The summed E-state index contributed by atoms with van der Waals surface area (Å²) < 4.78 is 13.3. The third-order valence-electron chi connectivity index (χ3n) is 7.47. The van der Waals surface area contributed by atoms with Crippen molar-refractivity contribution in [1.29, 1.82) is 0 Å². The number of methoxy groups -OCH3 is 1. The number of para-hydroxylation sites is 1. The fraction of sp³-hybridized carbons (Fsp3) is 0.250. The van der Waals surface area contributed by atoms with Crippen LogP contribution in [0.3, 0.4) is 0 Å². The summed E-state index contributed by atoms with van der Waals surface area (Å²) >= 11 is 0. The number of carbonyl (C=O) groups excluding carboxylic acids is 1. The molecule has 1 aliphatic heterocycles.